The van der Waals surface area contributed by atoms with Crippen LogP contribution in [0.15, 0.2) is 0 Å². The lowest BCUT2D eigenvalue weighted by Crippen LogP contribution is -2.19. The molecular formula is C10H21N. The van der Waals surface area contributed by atoms with E-state index in [1.54, 1.807) is 0 Å². The average molecular weight is 155 g/mol. The molecule has 0 saturated heterocycles. The molecule has 0 amide bonds. The van der Waals surface area contributed by atoms with Gasteiger partial charge >= 0.3 is 0 Å². The van der Waals surface area contributed by atoms with Gasteiger partial charge in [-0.3, -0.25) is 0 Å². The molecule has 1 saturated carbocycles. The molecule has 66 valence electrons. The van der Waals surface area contributed by atoms with Crippen molar-refractivity contribution in [3.63, 3.8) is 0 Å². The van der Waals surface area contributed by atoms with Gasteiger partial charge in [-0.25, -0.2) is 0 Å². The van der Waals surface area contributed by atoms with Crippen molar-refractivity contribution < 1.29 is 0 Å². The summed E-state index contributed by atoms with van der Waals surface area (Å²) < 4.78 is 0. The number of nitrogens with one attached hydrogen (secondary N) is 1. The molecule has 1 fully saturated rings. The lowest BCUT2D eigenvalue weighted by Gasteiger charge is -2.13. The van der Waals surface area contributed by atoms with Gasteiger partial charge in [0.2, 0.25) is 0 Å². The summed E-state index contributed by atoms with van der Waals surface area (Å²) in [7, 11) is 2.07. The van der Waals surface area contributed by atoms with Crippen molar-refractivity contribution in [1.82, 2.24) is 5.32 Å². The highest BCUT2D eigenvalue weighted by atomic mass is 14.8. The summed E-state index contributed by atoms with van der Waals surface area (Å²) in [5.74, 6) is 0. The van der Waals surface area contributed by atoms with Crippen LogP contribution in [0.25, 0.3) is 0 Å². The van der Waals surface area contributed by atoms with E-state index in [4.69, 9.17) is 0 Å². The Balaban J connectivity index is 2.04. The number of hydrogen-bond acceptors (Lipinski definition) is 1. The maximum Gasteiger partial charge on any atom is 0.000481 e. The van der Waals surface area contributed by atoms with Gasteiger partial charge in [0.15, 0.2) is 0 Å². The number of rotatable bonds is 6. The molecule has 1 nitrogen and oxygen atoms in total. The molecule has 1 aliphatic rings. The van der Waals surface area contributed by atoms with Crippen LogP contribution >= 0.6 is 0 Å². The van der Waals surface area contributed by atoms with Crippen molar-refractivity contribution in [3.05, 3.63) is 0 Å². The second-order valence-electron chi connectivity index (χ2n) is 3.99. The van der Waals surface area contributed by atoms with Gasteiger partial charge < -0.3 is 5.32 Å². The molecule has 1 rings (SSSR count). The Morgan fingerprint density at radius 2 is 2.00 bits per heavy atom. The van der Waals surface area contributed by atoms with Crippen LogP contribution < -0.4 is 5.32 Å². The van der Waals surface area contributed by atoms with Crippen LogP contribution in [-0.2, 0) is 0 Å². The molecule has 0 radical (unpaired) electrons. The fraction of sp³-hybridized carbons (Fsp3) is 1.00. The molecule has 0 heterocycles. The maximum absolute atomic E-state index is 3.30. The van der Waals surface area contributed by atoms with Crippen LogP contribution in [0.4, 0.5) is 0 Å². The third-order valence-electron chi connectivity index (χ3n) is 2.82. The second kappa shape index (κ2) is 4.10. The van der Waals surface area contributed by atoms with E-state index in [1.807, 2.05) is 0 Å². The topological polar surface area (TPSA) is 12.0 Å². The predicted molar refractivity (Wildman–Crippen MR) is 49.7 cm³/mol. The molecular weight excluding hydrogens is 134 g/mol. The van der Waals surface area contributed by atoms with Gasteiger partial charge in [-0.05, 0) is 31.7 Å². The molecule has 1 N–H and O–H groups in total. The van der Waals surface area contributed by atoms with E-state index in [9.17, 15) is 0 Å². The Bertz CT molecular complexity index is 105. The number of unbranched alkanes of at least 4 members (excludes halogenated alkanes) is 2. The first-order valence-corrected chi connectivity index (χ1v) is 4.97. The highest BCUT2D eigenvalue weighted by Crippen LogP contribution is 2.49. The summed E-state index contributed by atoms with van der Waals surface area (Å²) in [5.41, 5.74) is 0.740. The molecule has 11 heavy (non-hydrogen) atoms. The fourth-order valence-corrected chi connectivity index (χ4v) is 1.82. The van der Waals surface area contributed by atoms with Gasteiger partial charge in [0.05, 0.1) is 0 Å². The van der Waals surface area contributed by atoms with E-state index >= 15 is 0 Å². The Morgan fingerprint density at radius 1 is 1.27 bits per heavy atom. The zero-order valence-corrected chi connectivity index (χ0v) is 7.95. The highest BCUT2D eigenvalue weighted by Gasteiger charge is 2.40. The van der Waals surface area contributed by atoms with Gasteiger partial charge in [0, 0.05) is 6.54 Å². The Labute approximate surface area is 70.6 Å². The van der Waals surface area contributed by atoms with E-state index in [0.29, 0.717) is 0 Å². The normalized spacial score (nSPS) is 20.2. The first-order valence-electron chi connectivity index (χ1n) is 4.97. The summed E-state index contributed by atoms with van der Waals surface area (Å²) in [6.07, 6.45) is 8.62. The quantitative estimate of drug-likeness (QED) is 0.581. The van der Waals surface area contributed by atoms with Crippen molar-refractivity contribution in [2.45, 2.75) is 45.4 Å². The van der Waals surface area contributed by atoms with Gasteiger partial charge in [-0.15, -0.1) is 0 Å². The molecule has 0 aromatic rings. The SMILES string of the molecule is CCCCCC1(CNC)CC1. The highest BCUT2D eigenvalue weighted by molar-refractivity contribution is 4.94. The summed E-state index contributed by atoms with van der Waals surface area (Å²) >= 11 is 0. The van der Waals surface area contributed by atoms with Gasteiger partial charge in [0.25, 0.3) is 0 Å². The van der Waals surface area contributed by atoms with E-state index < -0.39 is 0 Å². The van der Waals surface area contributed by atoms with Gasteiger partial charge in [0.1, 0.15) is 0 Å². The monoisotopic (exact) mass is 155 g/mol. The van der Waals surface area contributed by atoms with Crippen LogP contribution in [0.5, 0.6) is 0 Å². The van der Waals surface area contributed by atoms with Crippen LogP contribution in [-0.4, -0.2) is 13.6 Å². The van der Waals surface area contributed by atoms with Crippen LogP contribution in [0.2, 0.25) is 0 Å². The molecule has 0 aromatic carbocycles. The molecule has 0 atom stereocenters. The first-order chi connectivity index (χ1) is 5.33. The van der Waals surface area contributed by atoms with E-state index in [1.165, 1.54) is 45.1 Å². The zero-order valence-electron chi connectivity index (χ0n) is 7.95. The van der Waals surface area contributed by atoms with Gasteiger partial charge in [-0.1, -0.05) is 26.2 Å². The molecule has 0 bridgehead atoms. The Hall–Kier alpha value is -0.0400. The minimum atomic E-state index is 0.740. The molecule has 1 aliphatic carbocycles. The minimum Gasteiger partial charge on any atom is -0.319 e. The van der Waals surface area contributed by atoms with Crippen LogP contribution in [0, 0.1) is 5.41 Å². The summed E-state index contributed by atoms with van der Waals surface area (Å²) in [5, 5.41) is 3.30. The third-order valence-corrected chi connectivity index (χ3v) is 2.82. The van der Waals surface area contributed by atoms with E-state index in [2.05, 4.69) is 19.3 Å². The average Bonchev–Trinajstić information content (AvgIpc) is 2.71. The van der Waals surface area contributed by atoms with Crippen molar-refractivity contribution in [2.24, 2.45) is 5.41 Å². The Kier molecular flexibility index (Phi) is 3.38. The summed E-state index contributed by atoms with van der Waals surface area (Å²) in [4.78, 5) is 0. The molecule has 0 aromatic heterocycles. The van der Waals surface area contributed by atoms with E-state index in [-0.39, 0.29) is 0 Å². The zero-order chi connectivity index (χ0) is 8.16. The standard InChI is InChI=1S/C10H21N/c1-3-4-5-6-10(7-8-10)9-11-2/h11H,3-9H2,1-2H3. The molecule has 0 unspecified atom stereocenters. The van der Waals surface area contributed by atoms with E-state index in [0.717, 1.165) is 5.41 Å². The summed E-state index contributed by atoms with van der Waals surface area (Å²) in [6, 6.07) is 0. The van der Waals surface area contributed by atoms with Gasteiger partial charge in [-0.2, -0.15) is 0 Å². The van der Waals surface area contributed by atoms with Crippen molar-refractivity contribution >= 4 is 0 Å². The predicted octanol–water partition coefficient (Wildman–Crippen LogP) is 2.57. The second-order valence-corrected chi connectivity index (χ2v) is 3.99. The molecule has 0 spiro atoms. The van der Waals surface area contributed by atoms with Crippen LogP contribution in [0.1, 0.15) is 45.4 Å². The lowest BCUT2D eigenvalue weighted by molar-refractivity contribution is 0.421. The summed E-state index contributed by atoms with van der Waals surface area (Å²) in [6.45, 7) is 3.52. The number of hydrogen-bond donors (Lipinski definition) is 1. The fourth-order valence-electron chi connectivity index (χ4n) is 1.82. The smallest absolute Gasteiger partial charge is 0.000481 e. The first kappa shape index (κ1) is 9.05. The molecule has 1 heteroatoms. The van der Waals surface area contributed by atoms with Crippen molar-refractivity contribution in [1.29, 1.82) is 0 Å². The van der Waals surface area contributed by atoms with Crippen LogP contribution in [0.3, 0.4) is 0 Å². The largest absolute Gasteiger partial charge is 0.319 e. The third kappa shape index (κ3) is 2.82. The van der Waals surface area contributed by atoms with Crippen molar-refractivity contribution in [3.8, 4) is 0 Å². The minimum absolute atomic E-state index is 0.740. The lowest BCUT2D eigenvalue weighted by atomic mass is 9.98. The maximum atomic E-state index is 3.30. The molecule has 0 aliphatic heterocycles. The Morgan fingerprint density at radius 3 is 2.45 bits per heavy atom. The van der Waals surface area contributed by atoms with Crippen molar-refractivity contribution in [2.75, 3.05) is 13.6 Å².